The molecule has 2 aromatic rings. The van der Waals surface area contributed by atoms with Crippen LogP contribution >= 0.6 is 11.8 Å². The molecule has 29 heavy (non-hydrogen) atoms. The maximum atomic E-state index is 12.8. The molecule has 7 nitrogen and oxygen atoms in total. The minimum Gasteiger partial charge on any atom is -0.353 e. The number of aromatic nitrogens is 3. The van der Waals surface area contributed by atoms with Gasteiger partial charge >= 0.3 is 0 Å². The SMILES string of the molecule is CC(C)C(C)NC(=O)C1CCN(C(=O)c2ccc(CSc3ncn[nH]3)cc2)CC1. The van der Waals surface area contributed by atoms with Crippen molar-refractivity contribution >= 4 is 23.6 Å². The van der Waals surface area contributed by atoms with E-state index in [9.17, 15) is 9.59 Å². The first-order valence-electron chi connectivity index (χ1n) is 10.1. The summed E-state index contributed by atoms with van der Waals surface area (Å²) in [6.45, 7) is 7.48. The number of benzene rings is 1. The van der Waals surface area contributed by atoms with Crippen LogP contribution in [-0.2, 0) is 10.5 Å². The van der Waals surface area contributed by atoms with Crippen molar-refractivity contribution in [3.63, 3.8) is 0 Å². The second-order valence-electron chi connectivity index (χ2n) is 7.88. The summed E-state index contributed by atoms with van der Waals surface area (Å²) in [6.07, 6.45) is 2.92. The molecule has 3 rings (SSSR count). The van der Waals surface area contributed by atoms with Crippen molar-refractivity contribution in [1.29, 1.82) is 0 Å². The highest BCUT2D eigenvalue weighted by atomic mass is 32.2. The van der Waals surface area contributed by atoms with Gasteiger partial charge in [-0.1, -0.05) is 37.7 Å². The van der Waals surface area contributed by atoms with Crippen LogP contribution in [0.1, 0.15) is 49.5 Å². The lowest BCUT2D eigenvalue weighted by molar-refractivity contribution is -0.127. The van der Waals surface area contributed by atoms with Crippen LogP contribution in [0.15, 0.2) is 35.7 Å². The number of amides is 2. The van der Waals surface area contributed by atoms with Crippen molar-refractivity contribution in [2.75, 3.05) is 13.1 Å². The molecular formula is C21H29N5O2S. The summed E-state index contributed by atoms with van der Waals surface area (Å²) in [5, 5.41) is 10.5. The second kappa shape index (κ2) is 9.91. The molecule has 0 spiro atoms. The van der Waals surface area contributed by atoms with Crippen LogP contribution in [0.2, 0.25) is 0 Å². The number of rotatable bonds is 7. The Kier molecular flexibility index (Phi) is 7.30. The smallest absolute Gasteiger partial charge is 0.253 e. The number of hydrogen-bond donors (Lipinski definition) is 2. The van der Waals surface area contributed by atoms with Crippen LogP contribution in [0, 0.1) is 11.8 Å². The number of thioether (sulfide) groups is 1. The van der Waals surface area contributed by atoms with E-state index in [0.717, 1.165) is 16.5 Å². The van der Waals surface area contributed by atoms with Crippen molar-refractivity contribution in [3.05, 3.63) is 41.7 Å². The lowest BCUT2D eigenvalue weighted by Crippen LogP contribution is -2.45. The quantitative estimate of drug-likeness (QED) is 0.678. The van der Waals surface area contributed by atoms with Gasteiger partial charge in [-0.25, -0.2) is 4.98 Å². The number of piperidine rings is 1. The summed E-state index contributed by atoms with van der Waals surface area (Å²) in [6, 6.07) is 7.88. The molecule has 2 heterocycles. The first-order valence-corrected chi connectivity index (χ1v) is 11.1. The summed E-state index contributed by atoms with van der Waals surface area (Å²) >= 11 is 1.57. The summed E-state index contributed by atoms with van der Waals surface area (Å²) < 4.78 is 0. The van der Waals surface area contributed by atoms with E-state index in [1.165, 1.54) is 6.33 Å². The normalized spacial score (nSPS) is 16.1. The van der Waals surface area contributed by atoms with E-state index in [1.807, 2.05) is 36.1 Å². The number of hydrogen-bond acceptors (Lipinski definition) is 5. The summed E-state index contributed by atoms with van der Waals surface area (Å²) in [5.41, 5.74) is 1.81. The molecular weight excluding hydrogens is 386 g/mol. The number of nitrogens with zero attached hydrogens (tertiary/aromatic N) is 3. The Hall–Kier alpha value is -2.35. The zero-order valence-electron chi connectivity index (χ0n) is 17.2. The molecule has 1 aromatic heterocycles. The Morgan fingerprint density at radius 2 is 1.90 bits per heavy atom. The fourth-order valence-electron chi connectivity index (χ4n) is 3.20. The predicted octanol–water partition coefficient (Wildman–Crippen LogP) is 3.11. The molecule has 0 bridgehead atoms. The maximum Gasteiger partial charge on any atom is 0.253 e. The third-order valence-electron chi connectivity index (χ3n) is 5.49. The van der Waals surface area contributed by atoms with Crippen LogP contribution in [0.25, 0.3) is 0 Å². The fourth-order valence-corrected chi connectivity index (χ4v) is 3.93. The molecule has 1 aliphatic rings. The summed E-state index contributed by atoms with van der Waals surface area (Å²) in [5.74, 6) is 1.33. The van der Waals surface area contributed by atoms with Gasteiger partial charge < -0.3 is 10.2 Å². The van der Waals surface area contributed by atoms with Gasteiger partial charge in [0.05, 0.1) is 0 Å². The van der Waals surface area contributed by atoms with E-state index >= 15 is 0 Å². The van der Waals surface area contributed by atoms with Crippen molar-refractivity contribution in [3.8, 4) is 0 Å². The minimum absolute atomic E-state index is 0.00394. The van der Waals surface area contributed by atoms with Gasteiger partial charge in [-0.15, -0.1) is 0 Å². The van der Waals surface area contributed by atoms with E-state index < -0.39 is 0 Å². The predicted molar refractivity (Wildman–Crippen MR) is 113 cm³/mol. The molecule has 1 saturated heterocycles. The van der Waals surface area contributed by atoms with Gasteiger partial charge in [-0.3, -0.25) is 14.7 Å². The van der Waals surface area contributed by atoms with Crippen molar-refractivity contribution in [2.45, 2.75) is 50.6 Å². The van der Waals surface area contributed by atoms with Gasteiger partial charge in [0.2, 0.25) is 5.91 Å². The third-order valence-corrected chi connectivity index (χ3v) is 6.44. The molecule has 1 aromatic carbocycles. The van der Waals surface area contributed by atoms with Crippen molar-refractivity contribution in [1.82, 2.24) is 25.4 Å². The van der Waals surface area contributed by atoms with E-state index in [-0.39, 0.29) is 23.8 Å². The van der Waals surface area contributed by atoms with Gasteiger partial charge in [0.1, 0.15) is 6.33 Å². The Labute approximate surface area is 176 Å². The third kappa shape index (κ3) is 5.82. The highest BCUT2D eigenvalue weighted by molar-refractivity contribution is 7.98. The molecule has 0 saturated carbocycles. The first kappa shape index (κ1) is 21.4. The fraction of sp³-hybridized carbons (Fsp3) is 0.524. The maximum absolute atomic E-state index is 12.8. The highest BCUT2D eigenvalue weighted by Gasteiger charge is 2.28. The number of nitrogens with one attached hydrogen (secondary N) is 2. The van der Waals surface area contributed by atoms with Crippen molar-refractivity contribution < 1.29 is 9.59 Å². The zero-order valence-corrected chi connectivity index (χ0v) is 18.0. The summed E-state index contributed by atoms with van der Waals surface area (Å²) in [7, 11) is 0. The molecule has 0 aliphatic carbocycles. The first-order chi connectivity index (χ1) is 13.9. The Morgan fingerprint density at radius 1 is 1.21 bits per heavy atom. The molecule has 1 aliphatic heterocycles. The molecule has 1 unspecified atom stereocenters. The molecule has 1 fully saturated rings. The number of aromatic amines is 1. The zero-order chi connectivity index (χ0) is 20.8. The molecule has 8 heteroatoms. The largest absolute Gasteiger partial charge is 0.353 e. The van der Waals surface area contributed by atoms with E-state index in [0.29, 0.717) is 37.4 Å². The highest BCUT2D eigenvalue weighted by Crippen LogP contribution is 2.22. The Morgan fingerprint density at radius 3 is 2.48 bits per heavy atom. The van der Waals surface area contributed by atoms with Crippen LogP contribution in [0.4, 0.5) is 0 Å². The van der Waals surface area contributed by atoms with Gasteiger partial charge in [-0.2, -0.15) is 5.10 Å². The van der Waals surface area contributed by atoms with Crippen LogP contribution < -0.4 is 5.32 Å². The topological polar surface area (TPSA) is 91.0 Å². The molecule has 0 radical (unpaired) electrons. The number of likely N-dealkylation sites (tertiary alicyclic amines) is 1. The molecule has 2 N–H and O–H groups in total. The van der Waals surface area contributed by atoms with Gasteiger partial charge in [0.25, 0.3) is 5.91 Å². The average molecular weight is 416 g/mol. The standard InChI is InChI=1S/C21H29N5O2S/c1-14(2)15(3)24-19(27)17-8-10-26(11-9-17)20(28)18-6-4-16(5-7-18)12-29-21-22-13-23-25-21/h4-7,13-15,17H,8-12H2,1-3H3,(H,24,27)(H,22,23,25). The number of carbonyl (C=O) groups is 2. The molecule has 2 amide bonds. The van der Waals surface area contributed by atoms with Crippen LogP contribution in [0.3, 0.4) is 0 Å². The van der Waals surface area contributed by atoms with Gasteiger partial charge in [0.15, 0.2) is 5.16 Å². The summed E-state index contributed by atoms with van der Waals surface area (Å²) in [4.78, 5) is 31.2. The molecule has 156 valence electrons. The average Bonchev–Trinajstić information content (AvgIpc) is 3.26. The van der Waals surface area contributed by atoms with E-state index in [4.69, 9.17) is 0 Å². The van der Waals surface area contributed by atoms with Crippen molar-refractivity contribution in [2.24, 2.45) is 11.8 Å². The van der Waals surface area contributed by atoms with E-state index in [2.05, 4.69) is 34.3 Å². The van der Waals surface area contributed by atoms with Crippen LogP contribution in [-0.4, -0.2) is 51.0 Å². The Balaban J connectivity index is 1.48. The second-order valence-corrected chi connectivity index (χ2v) is 8.85. The Bertz CT molecular complexity index is 799. The minimum atomic E-state index is -0.00394. The number of carbonyl (C=O) groups excluding carboxylic acids is 2. The monoisotopic (exact) mass is 415 g/mol. The molecule has 1 atom stereocenters. The lowest BCUT2D eigenvalue weighted by Gasteiger charge is -2.32. The van der Waals surface area contributed by atoms with Crippen LogP contribution in [0.5, 0.6) is 0 Å². The van der Waals surface area contributed by atoms with E-state index in [1.54, 1.807) is 11.8 Å². The van der Waals surface area contributed by atoms with Gasteiger partial charge in [-0.05, 0) is 43.4 Å². The lowest BCUT2D eigenvalue weighted by atomic mass is 9.94. The number of H-pyrrole nitrogens is 1. The van der Waals surface area contributed by atoms with Gasteiger partial charge in [0, 0.05) is 36.4 Å².